The molecule has 1 aliphatic rings. The van der Waals surface area contributed by atoms with Crippen molar-refractivity contribution in [2.45, 2.75) is 57.9 Å². The van der Waals surface area contributed by atoms with E-state index in [1.165, 1.54) is 0 Å². The topological polar surface area (TPSA) is 76.7 Å². The number of alkyl carbamates (subject to hydrolysis) is 1. The Bertz CT molecular complexity index is 548. The largest absolute Gasteiger partial charge is 0.459 e. The molecule has 1 aromatic rings. The summed E-state index contributed by atoms with van der Waals surface area (Å²) in [7, 11) is 0. The van der Waals surface area contributed by atoms with Gasteiger partial charge in [0.15, 0.2) is 0 Å². The maximum Gasteiger partial charge on any atom is 0.407 e. The highest BCUT2D eigenvalue weighted by molar-refractivity contribution is 5.72. The van der Waals surface area contributed by atoms with E-state index in [1.54, 1.807) is 0 Å². The second-order valence-corrected chi connectivity index (χ2v) is 7.04. The van der Waals surface area contributed by atoms with E-state index in [0.717, 1.165) is 18.4 Å². The molecular formula is C18H26N2O4. The van der Waals surface area contributed by atoms with E-state index in [-0.39, 0.29) is 31.2 Å². The monoisotopic (exact) mass is 334 g/mol. The molecule has 6 nitrogen and oxygen atoms in total. The average molecular weight is 334 g/mol. The number of nitrogens with one attached hydrogen (secondary N) is 2. The zero-order valence-electron chi connectivity index (χ0n) is 14.5. The summed E-state index contributed by atoms with van der Waals surface area (Å²) in [5.41, 5.74) is 0.489. The second kappa shape index (κ2) is 8.15. The predicted molar refractivity (Wildman–Crippen MR) is 90.4 cm³/mol. The lowest BCUT2D eigenvalue weighted by molar-refractivity contribution is -0.153. The SMILES string of the molecule is CC(C)(C)OC(=O)CNC1CC(NC(=O)OCc2ccccc2)C1. The highest BCUT2D eigenvalue weighted by atomic mass is 16.6. The number of carbonyl (C=O) groups excluding carboxylic acids is 2. The molecule has 1 amide bonds. The van der Waals surface area contributed by atoms with Crippen LogP contribution < -0.4 is 10.6 Å². The molecule has 2 rings (SSSR count). The van der Waals surface area contributed by atoms with E-state index in [1.807, 2.05) is 51.1 Å². The van der Waals surface area contributed by atoms with Gasteiger partial charge in [-0.1, -0.05) is 30.3 Å². The minimum absolute atomic E-state index is 0.0874. The van der Waals surface area contributed by atoms with E-state index in [2.05, 4.69) is 10.6 Å². The molecular weight excluding hydrogens is 308 g/mol. The van der Waals surface area contributed by atoms with Gasteiger partial charge in [0.2, 0.25) is 0 Å². The first kappa shape index (κ1) is 18.3. The first-order valence-electron chi connectivity index (χ1n) is 8.24. The highest BCUT2D eigenvalue weighted by Gasteiger charge is 2.31. The van der Waals surface area contributed by atoms with Crippen molar-refractivity contribution in [2.24, 2.45) is 0 Å². The molecule has 132 valence electrons. The number of hydrogen-bond donors (Lipinski definition) is 2. The van der Waals surface area contributed by atoms with Crippen LogP contribution in [0.4, 0.5) is 4.79 Å². The van der Waals surface area contributed by atoms with Crippen molar-refractivity contribution in [2.75, 3.05) is 6.54 Å². The van der Waals surface area contributed by atoms with Gasteiger partial charge in [-0.3, -0.25) is 4.79 Å². The van der Waals surface area contributed by atoms with Crippen LogP contribution in [0.2, 0.25) is 0 Å². The third-order valence-electron chi connectivity index (χ3n) is 3.63. The number of benzene rings is 1. The Kier molecular flexibility index (Phi) is 6.20. The van der Waals surface area contributed by atoms with Gasteiger partial charge in [0.25, 0.3) is 0 Å². The fraction of sp³-hybridized carbons (Fsp3) is 0.556. The number of hydrogen-bond acceptors (Lipinski definition) is 5. The molecule has 1 aromatic carbocycles. The first-order chi connectivity index (χ1) is 11.3. The normalized spacial score (nSPS) is 20.0. The lowest BCUT2D eigenvalue weighted by Crippen LogP contribution is -2.53. The van der Waals surface area contributed by atoms with Gasteiger partial charge in [0.05, 0.1) is 6.54 Å². The van der Waals surface area contributed by atoms with Crippen molar-refractivity contribution in [3.63, 3.8) is 0 Å². The standard InChI is InChI=1S/C18H26N2O4/c1-18(2,3)24-16(21)11-19-14-9-15(10-14)20-17(22)23-12-13-7-5-4-6-8-13/h4-8,14-15,19H,9-12H2,1-3H3,(H,20,22). The number of ether oxygens (including phenoxy) is 2. The molecule has 2 N–H and O–H groups in total. The number of carbonyl (C=O) groups is 2. The van der Waals surface area contributed by atoms with Gasteiger partial charge >= 0.3 is 12.1 Å². The van der Waals surface area contributed by atoms with Crippen molar-refractivity contribution < 1.29 is 19.1 Å². The van der Waals surface area contributed by atoms with E-state index < -0.39 is 11.7 Å². The molecule has 0 unspecified atom stereocenters. The summed E-state index contributed by atoms with van der Waals surface area (Å²) in [6, 6.07) is 9.86. The zero-order valence-corrected chi connectivity index (χ0v) is 14.5. The van der Waals surface area contributed by atoms with Crippen LogP contribution in [0.15, 0.2) is 30.3 Å². The average Bonchev–Trinajstić information content (AvgIpc) is 2.46. The van der Waals surface area contributed by atoms with Crippen LogP contribution in [0, 0.1) is 0 Å². The Balaban J connectivity index is 1.56. The molecule has 0 aliphatic heterocycles. The Morgan fingerprint density at radius 3 is 2.42 bits per heavy atom. The summed E-state index contributed by atoms with van der Waals surface area (Å²) >= 11 is 0. The quantitative estimate of drug-likeness (QED) is 0.781. The second-order valence-electron chi connectivity index (χ2n) is 7.04. The minimum Gasteiger partial charge on any atom is -0.459 e. The molecule has 0 spiro atoms. The highest BCUT2D eigenvalue weighted by Crippen LogP contribution is 2.20. The molecule has 1 fully saturated rings. The van der Waals surface area contributed by atoms with Gasteiger partial charge < -0.3 is 20.1 Å². The number of amides is 1. The molecule has 0 saturated heterocycles. The molecule has 0 bridgehead atoms. The van der Waals surface area contributed by atoms with Crippen molar-refractivity contribution in [3.8, 4) is 0 Å². The summed E-state index contributed by atoms with van der Waals surface area (Å²) in [5.74, 6) is -0.263. The van der Waals surface area contributed by atoms with E-state index in [4.69, 9.17) is 9.47 Å². The van der Waals surface area contributed by atoms with Gasteiger partial charge in [-0.25, -0.2) is 4.79 Å². The lowest BCUT2D eigenvalue weighted by Gasteiger charge is -2.36. The number of esters is 1. The van der Waals surface area contributed by atoms with Crippen LogP contribution >= 0.6 is 0 Å². The molecule has 24 heavy (non-hydrogen) atoms. The van der Waals surface area contributed by atoms with Crippen LogP contribution in [0.25, 0.3) is 0 Å². The van der Waals surface area contributed by atoms with Crippen molar-refractivity contribution >= 4 is 12.1 Å². The summed E-state index contributed by atoms with van der Waals surface area (Å²) < 4.78 is 10.4. The van der Waals surface area contributed by atoms with Crippen LogP contribution in [0.5, 0.6) is 0 Å². The Hall–Kier alpha value is -2.08. The predicted octanol–water partition coefficient (Wildman–Crippen LogP) is 2.38. The molecule has 0 radical (unpaired) electrons. The van der Waals surface area contributed by atoms with Crippen LogP contribution in [-0.4, -0.2) is 36.3 Å². The van der Waals surface area contributed by atoms with Gasteiger partial charge in [0.1, 0.15) is 12.2 Å². The molecule has 1 saturated carbocycles. The van der Waals surface area contributed by atoms with Crippen LogP contribution in [0.3, 0.4) is 0 Å². The fourth-order valence-corrected chi connectivity index (χ4v) is 2.44. The zero-order chi connectivity index (χ0) is 17.6. The summed E-state index contributed by atoms with van der Waals surface area (Å²) in [4.78, 5) is 23.3. The lowest BCUT2D eigenvalue weighted by atomic mass is 9.87. The smallest absolute Gasteiger partial charge is 0.407 e. The van der Waals surface area contributed by atoms with E-state index >= 15 is 0 Å². The maximum atomic E-state index is 11.7. The summed E-state index contributed by atoms with van der Waals surface area (Å²) in [6.07, 6.45) is 1.15. The Labute approximate surface area is 142 Å². The van der Waals surface area contributed by atoms with Crippen LogP contribution in [-0.2, 0) is 20.9 Å². The van der Waals surface area contributed by atoms with Gasteiger partial charge in [-0.05, 0) is 39.2 Å². The molecule has 0 aromatic heterocycles. The fourth-order valence-electron chi connectivity index (χ4n) is 2.44. The van der Waals surface area contributed by atoms with Crippen molar-refractivity contribution in [1.82, 2.24) is 10.6 Å². The van der Waals surface area contributed by atoms with Gasteiger partial charge in [0, 0.05) is 12.1 Å². The number of rotatable bonds is 6. The molecule has 0 heterocycles. The summed E-state index contributed by atoms with van der Waals surface area (Å²) in [6.45, 7) is 5.98. The van der Waals surface area contributed by atoms with Crippen LogP contribution in [0.1, 0.15) is 39.2 Å². The summed E-state index contributed by atoms with van der Waals surface area (Å²) in [5, 5.41) is 5.96. The van der Waals surface area contributed by atoms with E-state index in [9.17, 15) is 9.59 Å². The van der Waals surface area contributed by atoms with E-state index in [0.29, 0.717) is 0 Å². The Morgan fingerprint density at radius 2 is 1.79 bits per heavy atom. The minimum atomic E-state index is -0.467. The third-order valence-corrected chi connectivity index (χ3v) is 3.63. The first-order valence-corrected chi connectivity index (χ1v) is 8.24. The van der Waals surface area contributed by atoms with Crippen molar-refractivity contribution in [1.29, 1.82) is 0 Å². The molecule has 1 aliphatic carbocycles. The van der Waals surface area contributed by atoms with Gasteiger partial charge in [-0.2, -0.15) is 0 Å². The van der Waals surface area contributed by atoms with Gasteiger partial charge in [-0.15, -0.1) is 0 Å². The van der Waals surface area contributed by atoms with Crippen molar-refractivity contribution in [3.05, 3.63) is 35.9 Å². The Morgan fingerprint density at radius 1 is 1.12 bits per heavy atom. The third kappa shape index (κ3) is 6.58. The maximum absolute atomic E-state index is 11.7. The molecule has 6 heteroatoms. The molecule has 0 atom stereocenters.